The smallest absolute Gasteiger partial charge is 0.206 e. The van der Waals surface area contributed by atoms with Crippen LogP contribution in [0.3, 0.4) is 0 Å². The third-order valence-electron chi connectivity index (χ3n) is 1.85. The summed E-state index contributed by atoms with van der Waals surface area (Å²) in [6.45, 7) is 1.82. The number of benzene rings is 1. The summed E-state index contributed by atoms with van der Waals surface area (Å²) in [6, 6.07) is 3.07. The summed E-state index contributed by atoms with van der Waals surface area (Å²) in [6.07, 6.45) is -4.20. The molecule has 84 valence electrons. The molecule has 0 saturated heterocycles. The Hall–Kier alpha value is -0.580. The van der Waals surface area contributed by atoms with Gasteiger partial charge in [0, 0.05) is 4.83 Å². The minimum Gasteiger partial charge on any atom is -0.206 e. The van der Waals surface area contributed by atoms with E-state index in [0.717, 1.165) is 12.1 Å². The van der Waals surface area contributed by atoms with E-state index in [1.54, 1.807) is 0 Å². The Morgan fingerprint density at radius 1 is 1.33 bits per heavy atom. The fourth-order valence-corrected chi connectivity index (χ4v) is 1.62. The predicted octanol–water partition coefficient (Wildman–Crippen LogP) is 4.17. The molecule has 0 fully saturated rings. The van der Waals surface area contributed by atoms with Gasteiger partial charge in [0.15, 0.2) is 0 Å². The molecule has 0 spiro atoms. The molecule has 0 amide bonds. The average molecular weight is 285 g/mol. The van der Waals surface area contributed by atoms with Crippen LogP contribution in [-0.4, -0.2) is 4.83 Å². The highest BCUT2D eigenvalue weighted by molar-refractivity contribution is 9.09. The highest BCUT2D eigenvalue weighted by atomic mass is 79.9. The Morgan fingerprint density at radius 3 is 2.40 bits per heavy atom. The van der Waals surface area contributed by atoms with Crippen molar-refractivity contribution in [3.63, 3.8) is 0 Å². The Balaban J connectivity index is 3.06. The van der Waals surface area contributed by atoms with Gasteiger partial charge in [-0.05, 0) is 24.1 Å². The number of hydrogen-bond acceptors (Lipinski definition) is 0. The molecule has 1 aromatic rings. The molecule has 1 unspecified atom stereocenters. The van der Waals surface area contributed by atoms with Gasteiger partial charge in [0.1, 0.15) is 5.82 Å². The Labute approximate surface area is 93.4 Å². The van der Waals surface area contributed by atoms with Crippen molar-refractivity contribution in [2.75, 3.05) is 0 Å². The van der Waals surface area contributed by atoms with Gasteiger partial charge in [-0.2, -0.15) is 13.2 Å². The Morgan fingerprint density at radius 2 is 1.93 bits per heavy atom. The van der Waals surface area contributed by atoms with Crippen LogP contribution in [0.15, 0.2) is 18.2 Å². The molecule has 0 N–H and O–H groups in total. The first-order chi connectivity index (χ1) is 6.80. The van der Waals surface area contributed by atoms with E-state index in [2.05, 4.69) is 15.9 Å². The molecule has 0 nitrogen and oxygen atoms in total. The van der Waals surface area contributed by atoms with Gasteiger partial charge in [-0.3, -0.25) is 0 Å². The standard InChI is InChI=1S/C10H9BrF4/c1-6(11)4-7-2-3-9(12)8(5-7)10(13,14)15/h2-3,5-6H,4H2,1H3. The number of rotatable bonds is 2. The van der Waals surface area contributed by atoms with Gasteiger partial charge in [-0.1, -0.05) is 28.9 Å². The lowest BCUT2D eigenvalue weighted by molar-refractivity contribution is -0.140. The molecule has 0 aliphatic heterocycles. The maximum atomic E-state index is 12.9. The van der Waals surface area contributed by atoms with Gasteiger partial charge < -0.3 is 0 Å². The molecule has 0 saturated carbocycles. The lowest BCUT2D eigenvalue weighted by Gasteiger charge is -2.10. The molecule has 1 atom stereocenters. The van der Waals surface area contributed by atoms with Crippen LogP contribution in [0.4, 0.5) is 17.6 Å². The van der Waals surface area contributed by atoms with Crippen LogP contribution >= 0.6 is 15.9 Å². The molecule has 0 heterocycles. The van der Waals surface area contributed by atoms with E-state index in [9.17, 15) is 17.6 Å². The molecular formula is C10H9BrF4. The van der Waals surface area contributed by atoms with E-state index in [1.165, 1.54) is 6.07 Å². The summed E-state index contributed by atoms with van der Waals surface area (Å²) in [5.41, 5.74) is -0.735. The van der Waals surface area contributed by atoms with Crippen LogP contribution in [0.1, 0.15) is 18.1 Å². The van der Waals surface area contributed by atoms with Crippen molar-refractivity contribution in [1.29, 1.82) is 0 Å². The van der Waals surface area contributed by atoms with Crippen LogP contribution in [0.2, 0.25) is 0 Å². The van der Waals surface area contributed by atoms with Gasteiger partial charge in [-0.25, -0.2) is 4.39 Å². The van der Waals surface area contributed by atoms with Crippen LogP contribution in [0.5, 0.6) is 0 Å². The summed E-state index contributed by atoms with van der Waals surface area (Å²) < 4.78 is 49.8. The molecule has 0 bridgehead atoms. The number of alkyl halides is 4. The van der Waals surface area contributed by atoms with Gasteiger partial charge in [-0.15, -0.1) is 0 Å². The Kier molecular flexibility index (Phi) is 3.76. The molecule has 5 heteroatoms. The van der Waals surface area contributed by atoms with Crippen molar-refractivity contribution in [2.24, 2.45) is 0 Å². The fourth-order valence-electron chi connectivity index (χ4n) is 1.24. The van der Waals surface area contributed by atoms with E-state index in [0.29, 0.717) is 12.0 Å². The van der Waals surface area contributed by atoms with Crippen molar-refractivity contribution in [1.82, 2.24) is 0 Å². The molecule has 15 heavy (non-hydrogen) atoms. The molecule has 0 radical (unpaired) electrons. The first-order valence-electron chi connectivity index (χ1n) is 4.30. The van der Waals surface area contributed by atoms with Crippen LogP contribution < -0.4 is 0 Å². The second-order valence-corrected chi connectivity index (χ2v) is 4.86. The highest BCUT2D eigenvalue weighted by Crippen LogP contribution is 2.32. The SMILES string of the molecule is CC(Br)Cc1ccc(F)c(C(F)(F)F)c1. The van der Waals surface area contributed by atoms with Crippen molar-refractivity contribution in [3.05, 3.63) is 35.1 Å². The van der Waals surface area contributed by atoms with E-state index < -0.39 is 17.6 Å². The second kappa shape index (κ2) is 4.51. The summed E-state index contributed by atoms with van der Waals surface area (Å²) in [5.74, 6) is -1.23. The quantitative estimate of drug-likeness (QED) is 0.565. The highest BCUT2D eigenvalue weighted by Gasteiger charge is 2.34. The maximum absolute atomic E-state index is 12.9. The van der Waals surface area contributed by atoms with E-state index in [4.69, 9.17) is 0 Å². The second-order valence-electron chi connectivity index (χ2n) is 3.30. The van der Waals surface area contributed by atoms with E-state index in [-0.39, 0.29) is 4.83 Å². The normalized spacial score (nSPS) is 14.0. The fraction of sp³-hybridized carbons (Fsp3) is 0.400. The number of halogens is 5. The lowest BCUT2D eigenvalue weighted by atomic mass is 10.1. The van der Waals surface area contributed by atoms with Gasteiger partial charge in [0.25, 0.3) is 0 Å². The summed E-state index contributed by atoms with van der Waals surface area (Å²) in [4.78, 5) is 0.0593. The largest absolute Gasteiger partial charge is 0.419 e. The molecule has 0 aliphatic carbocycles. The Bertz CT molecular complexity index is 344. The third-order valence-corrected chi connectivity index (χ3v) is 2.18. The van der Waals surface area contributed by atoms with Crippen molar-refractivity contribution < 1.29 is 17.6 Å². The molecule has 1 aromatic carbocycles. The van der Waals surface area contributed by atoms with Gasteiger partial charge >= 0.3 is 6.18 Å². The predicted molar refractivity (Wildman–Crippen MR) is 53.5 cm³/mol. The zero-order chi connectivity index (χ0) is 11.6. The van der Waals surface area contributed by atoms with Crippen molar-refractivity contribution in [3.8, 4) is 0 Å². The zero-order valence-corrected chi connectivity index (χ0v) is 9.49. The minimum absolute atomic E-state index is 0.0593. The number of hydrogen-bond donors (Lipinski definition) is 0. The first-order valence-corrected chi connectivity index (χ1v) is 5.22. The van der Waals surface area contributed by atoms with Crippen molar-refractivity contribution in [2.45, 2.75) is 24.3 Å². The van der Waals surface area contributed by atoms with E-state index >= 15 is 0 Å². The molecule has 1 rings (SSSR count). The van der Waals surface area contributed by atoms with Crippen LogP contribution in [0, 0.1) is 5.82 Å². The summed E-state index contributed by atoms with van der Waals surface area (Å²) in [7, 11) is 0. The third kappa shape index (κ3) is 3.48. The molecule has 0 aliphatic rings. The van der Waals surface area contributed by atoms with Crippen LogP contribution in [-0.2, 0) is 12.6 Å². The topological polar surface area (TPSA) is 0 Å². The van der Waals surface area contributed by atoms with Gasteiger partial charge in [0.05, 0.1) is 5.56 Å². The zero-order valence-electron chi connectivity index (χ0n) is 7.91. The monoisotopic (exact) mass is 284 g/mol. The lowest BCUT2D eigenvalue weighted by Crippen LogP contribution is -2.09. The summed E-state index contributed by atoms with van der Waals surface area (Å²) >= 11 is 3.23. The average Bonchev–Trinajstić information content (AvgIpc) is 2.05. The first kappa shape index (κ1) is 12.5. The van der Waals surface area contributed by atoms with Crippen molar-refractivity contribution >= 4 is 15.9 Å². The van der Waals surface area contributed by atoms with Crippen LogP contribution in [0.25, 0.3) is 0 Å². The van der Waals surface area contributed by atoms with E-state index in [1.807, 2.05) is 6.92 Å². The molecular weight excluding hydrogens is 276 g/mol. The maximum Gasteiger partial charge on any atom is 0.419 e. The van der Waals surface area contributed by atoms with Gasteiger partial charge in [0.2, 0.25) is 0 Å². The molecule has 0 aromatic heterocycles. The summed E-state index contributed by atoms with van der Waals surface area (Å²) in [5, 5.41) is 0. The minimum atomic E-state index is -4.63.